The van der Waals surface area contributed by atoms with Crippen LogP contribution in [-0.4, -0.2) is 29.4 Å². The third-order valence-corrected chi connectivity index (χ3v) is 3.24. The molecule has 3 atom stereocenters. The predicted molar refractivity (Wildman–Crippen MR) is 60.9 cm³/mol. The summed E-state index contributed by atoms with van der Waals surface area (Å²) in [6.07, 6.45) is 1.03. The first-order valence-corrected chi connectivity index (χ1v) is 5.38. The van der Waals surface area contributed by atoms with E-state index in [1.54, 1.807) is 4.90 Å². The molecule has 0 aromatic carbocycles. The van der Waals surface area contributed by atoms with Gasteiger partial charge in [-0.15, -0.1) is 0 Å². The van der Waals surface area contributed by atoms with E-state index in [1.165, 1.54) is 0 Å². The van der Waals surface area contributed by atoms with E-state index in [0.717, 1.165) is 6.42 Å². The van der Waals surface area contributed by atoms with Gasteiger partial charge in [-0.05, 0) is 12.3 Å². The van der Waals surface area contributed by atoms with Gasteiger partial charge in [0.05, 0.1) is 4.99 Å². The maximum absolute atomic E-state index is 11.7. The van der Waals surface area contributed by atoms with Crippen molar-refractivity contribution in [3.8, 4) is 0 Å². The number of carbonyl (C=O) groups is 1. The average Bonchev–Trinajstić information content (AvgIpc) is 2.80. The summed E-state index contributed by atoms with van der Waals surface area (Å²) in [5.74, 6) is 1.15. The molecule has 0 spiro atoms. The first kappa shape index (κ1) is 11.4. The summed E-state index contributed by atoms with van der Waals surface area (Å²) in [5.41, 5.74) is 5.50. The molecule has 1 aliphatic rings. The Morgan fingerprint density at radius 3 is 2.57 bits per heavy atom. The van der Waals surface area contributed by atoms with Crippen molar-refractivity contribution in [3.63, 3.8) is 0 Å². The molecule has 0 aliphatic heterocycles. The molecule has 0 aromatic rings. The van der Waals surface area contributed by atoms with E-state index in [9.17, 15) is 4.79 Å². The van der Waals surface area contributed by atoms with Crippen LogP contribution in [0.15, 0.2) is 0 Å². The lowest BCUT2D eigenvalue weighted by Crippen LogP contribution is -2.36. The largest absolute Gasteiger partial charge is 0.393 e. The summed E-state index contributed by atoms with van der Waals surface area (Å²) in [6.45, 7) is 4.69. The van der Waals surface area contributed by atoms with E-state index in [1.807, 2.05) is 14.0 Å². The van der Waals surface area contributed by atoms with E-state index in [-0.39, 0.29) is 17.7 Å². The predicted octanol–water partition coefficient (Wildman–Crippen LogP) is 1.02. The minimum Gasteiger partial charge on any atom is -0.393 e. The smallest absolute Gasteiger partial charge is 0.225 e. The van der Waals surface area contributed by atoms with Gasteiger partial charge in [0.25, 0.3) is 0 Å². The second-order valence-electron chi connectivity index (χ2n) is 4.34. The number of carbonyl (C=O) groups excluding carboxylic acids is 1. The Hall–Kier alpha value is -0.640. The maximum atomic E-state index is 11.7. The fourth-order valence-corrected chi connectivity index (χ4v) is 1.61. The highest BCUT2D eigenvalue weighted by Crippen LogP contribution is 2.38. The Morgan fingerprint density at radius 1 is 1.71 bits per heavy atom. The lowest BCUT2D eigenvalue weighted by molar-refractivity contribution is -0.131. The van der Waals surface area contributed by atoms with Gasteiger partial charge in [0.2, 0.25) is 5.91 Å². The Balaban J connectivity index is 2.38. The Morgan fingerprint density at radius 2 is 2.21 bits per heavy atom. The molecule has 0 aromatic heterocycles. The van der Waals surface area contributed by atoms with Crippen molar-refractivity contribution in [2.75, 3.05) is 13.6 Å². The number of nitrogens with zero attached hydrogens (tertiary/aromatic N) is 1. The second-order valence-corrected chi connectivity index (χ2v) is 4.81. The molecule has 3 nitrogen and oxygen atoms in total. The molecule has 14 heavy (non-hydrogen) atoms. The standard InChI is InChI=1S/C10H18N2OS/c1-6-4-8(6)10(13)12(3)5-7(2)9(11)14/h6-8H,4-5H2,1-3H3,(H2,11,14). The van der Waals surface area contributed by atoms with Gasteiger partial charge in [-0.3, -0.25) is 4.79 Å². The minimum atomic E-state index is 0.105. The van der Waals surface area contributed by atoms with Gasteiger partial charge in [0.15, 0.2) is 0 Å². The second kappa shape index (κ2) is 4.26. The van der Waals surface area contributed by atoms with Crippen LogP contribution < -0.4 is 5.73 Å². The Labute approximate surface area is 90.6 Å². The van der Waals surface area contributed by atoms with Crippen LogP contribution in [0, 0.1) is 17.8 Å². The molecule has 1 fully saturated rings. The van der Waals surface area contributed by atoms with Gasteiger partial charge in [0, 0.05) is 25.4 Å². The van der Waals surface area contributed by atoms with Crippen molar-refractivity contribution >= 4 is 23.1 Å². The zero-order valence-corrected chi connectivity index (χ0v) is 9.80. The van der Waals surface area contributed by atoms with Gasteiger partial charge in [-0.1, -0.05) is 26.1 Å². The van der Waals surface area contributed by atoms with Crippen LogP contribution in [0.5, 0.6) is 0 Å². The van der Waals surface area contributed by atoms with Crippen LogP contribution in [0.4, 0.5) is 0 Å². The highest BCUT2D eigenvalue weighted by atomic mass is 32.1. The van der Waals surface area contributed by atoms with E-state index < -0.39 is 0 Å². The topological polar surface area (TPSA) is 46.3 Å². The number of rotatable bonds is 4. The molecule has 0 saturated heterocycles. The van der Waals surface area contributed by atoms with Crippen LogP contribution in [0.3, 0.4) is 0 Å². The fourth-order valence-electron chi connectivity index (χ4n) is 1.54. The lowest BCUT2D eigenvalue weighted by Gasteiger charge is -2.20. The first-order chi connectivity index (χ1) is 6.43. The minimum absolute atomic E-state index is 0.105. The van der Waals surface area contributed by atoms with Gasteiger partial charge in [-0.2, -0.15) is 0 Å². The molecule has 80 valence electrons. The maximum Gasteiger partial charge on any atom is 0.225 e. The van der Waals surface area contributed by atoms with E-state index in [4.69, 9.17) is 18.0 Å². The summed E-state index contributed by atoms with van der Waals surface area (Å²) in [7, 11) is 1.82. The lowest BCUT2D eigenvalue weighted by atomic mass is 10.1. The summed E-state index contributed by atoms with van der Waals surface area (Å²) in [6, 6.07) is 0. The molecular weight excluding hydrogens is 196 g/mol. The van der Waals surface area contributed by atoms with Crippen LogP contribution in [-0.2, 0) is 4.79 Å². The third-order valence-electron chi connectivity index (χ3n) is 2.84. The highest BCUT2D eigenvalue weighted by molar-refractivity contribution is 7.80. The van der Waals surface area contributed by atoms with Crippen molar-refractivity contribution in [1.29, 1.82) is 0 Å². The molecule has 2 N–H and O–H groups in total. The Kier molecular flexibility index (Phi) is 3.48. The zero-order valence-electron chi connectivity index (χ0n) is 8.99. The number of hydrogen-bond acceptors (Lipinski definition) is 2. The highest BCUT2D eigenvalue weighted by Gasteiger charge is 2.40. The van der Waals surface area contributed by atoms with Gasteiger partial charge < -0.3 is 10.6 Å². The quantitative estimate of drug-likeness (QED) is 0.711. The molecular formula is C10H18N2OS. The number of nitrogens with two attached hydrogens (primary N) is 1. The van der Waals surface area contributed by atoms with Gasteiger partial charge >= 0.3 is 0 Å². The normalized spacial score (nSPS) is 26.8. The van der Waals surface area contributed by atoms with Crippen LogP contribution in [0.2, 0.25) is 0 Å². The van der Waals surface area contributed by atoms with Crippen molar-refractivity contribution in [2.24, 2.45) is 23.5 Å². The first-order valence-electron chi connectivity index (χ1n) is 4.97. The molecule has 4 heteroatoms. The van der Waals surface area contributed by atoms with Crippen molar-refractivity contribution < 1.29 is 4.79 Å². The number of amides is 1. The molecule has 0 bridgehead atoms. The summed E-state index contributed by atoms with van der Waals surface area (Å²) >= 11 is 4.87. The average molecular weight is 214 g/mol. The molecule has 1 amide bonds. The number of thiocarbonyl (C=S) groups is 1. The molecule has 1 rings (SSSR count). The molecule has 0 radical (unpaired) electrons. The summed E-state index contributed by atoms with van der Waals surface area (Å²) in [5, 5.41) is 0. The molecule has 1 aliphatic carbocycles. The van der Waals surface area contributed by atoms with Gasteiger partial charge in [0.1, 0.15) is 0 Å². The fraction of sp³-hybridized carbons (Fsp3) is 0.800. The van der Waals surface area contributed by atoms with Crippen molar-refractivity contribution in [1.82, 2.24) is 4.90 Å². The monoisotopic (exact) mass is 214 g/mol. The Bertz CT molecular complexity index is 255. The zero-order chi connectivity index (χ0) is 10.9. The van der Waals surface area contributed by atoms with E-state index >= 15 is 0 Å². The van der Waals surface area contributed by atoms with E-state index in [0.29, 0.717) is 17.5 Å². The van der Waals surface area contributed by atoms with Crippen LogP contribution in [0.1, 0.15) is 20.3 Å². The summed E-state index contributed by atoms with van der Waals surface area (Å²) in [4.78, 5) is 13.9. The van der Waals surface area contributed by atoms with Crippen LogP contribution >= 0.6 is 12.2 Å². The molecule has 0 heterocycles. The van der Waals surface area contributed by atoms with E-state index in [2.05, 4.69) is 6.92 Å². The van der Waals surface area contributed by atoms with Crippen molar-refractivity contribution in [2.45, 2.75) is 20.3 Å². The molecule has 1 saturated carbocycles. The third kappa shape index (κ3) is 2.67. The van der Waals surface area contributed by atoms with Crippen LogP contribution in [0.25, 0.3) is 0 Å². The summed E-state index contributed by atoms with van der Waals surface area (Å²) < 4.78 is 0. The number of hydrogen-bond donors (Lipinski definition) is 1. The SMILES string of the molecule is CC(CN(C)C(=O)C1CC1C)C(N)=S. The van der Waals surface area contributed by atoms with Gasteiger partial charge in [-0.25, -0.2) is 0 Å². The molecule has 3 unspecified atom stereocenters. The van der Waals surface area contributed by atoms with Crippen molar-refractivity contribution in [3.05, 3.63) is 0 Å².